The SMILES string of the molecule is CC=C(C)OCCN1CCCCC1. The molecule has 2 nitrogen and oxygen atoms in total. The predicted octanol–water partition coefficient (Wildman–Crippen LogP) is 2.41. The Bertz CT molecular complexity index is 159. The Morgan fingerprint density at radius 2 is 2.00 bits per heavy atom. The second-order valence-corrected chi connectivity index (χ2v) is 3.65. The molecule has 0 amide bonds. The van der Waals surface area contributed by atoms with Crippen LogP contribution in [0, 0.1) is 0 Å². The minimum atomic E-state index is 0.843. The largest absolute Gasteiger partial charge is 0.497 e. The molecule has 0 saturated carbocycles. The molecular formula is C11H21NO. The predicted molar refractivity (Wildman–Crippen MR) is 55.7 cm³/mol. The first-order valence-electron chi connectivity index (χ1n) is 5.31. The van der Waals surface area contributed by atoms with E-state index in [9.17, 15) is 0 Å². The van der Waals surface area contributed by atoms with Gasteiger partial charge in [-0.25, -0.2) is 0 Å². The minimum Gasteiger partial charge on any atom is -0.497 e. The lowest BCUT2D eigenvalue weighted by atomic mass is 10.1. The Morgan fingerprint density at radius 1 is 1.31 bits per heavy atom. The first kappa shape index (κ1) is 10.6. The van der Waals surface area contributed by atoms with Gasteiger partial charge in [-0.05, 0) is 39.8 Å². The van der Waals surface area contributed by atoms with Crippen molar-refractivity contribution in [1.29, 1.82) is 0 Å². The lowest BCUT2D eigenvalue weighted by Crippen LogP contribution is -2.32. The molecule has 1 rings (SSSR count). The molecule has 1 aliphatic heterocycles. The van der Waals surface area contributed by atoms with Crippen LogP contribution in [0.2, 0.25) is 0 Å². The molecule has 13 heavy (non-hydrogen) atoms. The van der Waals surface area contributed by atoms with Crippen molar-refractivity contribution in [2.45, 2.75) is 33.1 Å². The van der Waals surface area contributed by atoms with Crippen molar-refractivity contribution in [1.82, 2.24) is 4.90 Å². The zero-order chi connectivity index (χ0) is 9.52. The Kier molecular flexibility index (Phi) is 4.91. The third kappa shape index (κ3) is 4.32. The molecule has 0 radical (unpaired) electrons. The second-order valence-electron chi connectivity index (χ2n) is 3.65. The van der Waals surface area contributed by atoms with Crippen molar-refractivity contribution >= 4 is 0 Å². The quantitative estimate of drug-likeness (QED) is 0.621. The van der Waals surface area contributed by atoms with Crippen molar-refractivity contribution in [3.63, 3.8) is 0 Å². The Morgan fingerprint density at radius 3 is 2.62 bits per heavy atom. The summed E-state index contributed by atoms with van der Waals surface area (Å²) in [4.78, 5) is 2.49. The Balaban J connectivity index is 2.04. The Hall–Kier alpha value is -0.500. The fraction of sp³-hybridized carbons (Fsp3) is 0.818. The molecule has 1 aliphatic rings. The molecule has 76 valence electrons. The molecule has 1 heterocycles. The summed E-state index contributed by atoms with van der Waals surface area (Å²) in [6.07, 6.45) is 6.15. The highest BCUT2D eigenvalue weighted by molar-refractivity contribution is 4.84. The number of rotatable bonds is 4. The summed E-state index contributed by atoms with van der Waals surface area (Å²) in [6.45, 7) is 8.48. The normalized spacial score (nSPS) is 20.3. The summed E-state index contributed by atoms with van der Waals surface area (Å²) in [6, 6.07) is 0. The highest BCUT2D eigenvalue weighted by Crippen LogP contribution is 2.08. The lowest BCUT2D eigenvalue weighted by molar-refractivity contribution is 0.143. The zero-order valence-electron chi connectivity index (χ0n) is 8.88. The number of piperidine rings is 1. The van der Waals surface area contributed by atoms with Crippen LogP contribution in [0.4, 0.5) is 0 Å². The van der Waals surface area contributed by atoms with Gasteiger partial charge < -0.3 is 4.74 Å². The number of nitrogens with zero attached hydrogens (tertiary/aromatic N) is 1. The molecule has 0 aromatic rings. The van der Waals surface area contributed by atoms with Crippen LogP contribution in [-0.4, -0.2) is 31.1 Å². The van der Waals surface area contributed by atoms with Gasteiger partial charge in [-0.3, -0.25) is 4.90 Å². The molecule has 2 heteroatoms. The van der Waals surface area contributed by atoms with Crippen molar-refractivity contribution < 1.29 is 4.74 Å². The van der Waals surface area contributed by atoms with Gasteiger partial charge in [0.2, 0.25) is 0 Å². The highest BCUT2D eigenvalue weighted by atomic mass is 16.5. The van der Waals surface area contributed by atoms with Crippen LogP contribution in [0.5, 0.6) is 0 Å². The summed E-state index contributed by atoms with van der Waals surface area (Å²) in [5, 5.41) is 0. The topological polar surface area (TPSA) is 12.5 Å². The first-order valence-corrected chi connectivity index (χ1v) is 5.31. The first-order chi connectivity index (χ1) is 6.33. The summed E-state index contributed by atoms with van der Waals surface area (Å²) >= 11 is 0. The van der Waals surface area contributed by atoms with Gasteiger partial charge >= 0.3 is 0 Å². The van der Waals surface area contributed by atoms with Crippen LogP contribution in [0.1, 0.15) is 33.1 Å². The highest BCUT2D eigenvalue weighted by Gasteiger charge is 2.08. The van der Waals surface area contributed by atoms with E-state index < -0.39 is 0 Å². The van der Waals surface area contributed by atoms with E-state index in [4.69, 9.17) is 4.74 Å². The standard InChI is InChI=1S/C11H21NO/c1-3-11(2)13-10-9-12-7-5-4-6-8-12/h3H,4-10H2,1-2H3. The molecular weight excluding hydrogens is 162 g/mol. The molecule has 0 atom stereocenters. The van der Waals surface area contributed by atoms with E-state index in [1.54, 1.807) is 0 Å². The minimum absolute atomic E-state index is 0.843. The van der Waals surface area contributed by atoms with Gasteiger partial charge in [0.25, 0.3) is 0 Å². The fourth-order valence-electron chi connectivity index (χ4n) is 1.60. The van der Waals surface area contributed by atoms with E-state index in [0.717, 1.165) is 18.9 Å². The smallest absolute Gasteiger partial charge is 0.100 e. The average Bonchev–Trinajstić information content (AvgIpc) is 2.19. The van der Waals surface area contributed by atoms with Crippen LogP contribution in [-0.2, 0) is 4.74 Å². The van der Waals surface area contributed by atoms with Crippen LogP contribution >= 0.6 is 0 Å². The molecule has 0 aliphatic carbocycles. The van der Waals surface area contributed by atoms with E-state index in [1.807, 2.05) is 19.9 Å². The van der Waals surface area contributed by atoms with Gasteiger partial charge in [0.05, 0.1) is 5.76 Å². The second kappa shape index (κ2) is 6.03. The van der Waals surface area contributed by atoms with Gasteiger partial charge in [-0.2, -0.15) is 0 Å². The maximum atomic E-state index is 5.51. The number of allylic oxidation sites excluding steroid dienone is 2. The van der Waals surface area contributed by atoms with Gasteiger partial charge in [0.15, 0.2) is 0 Å². The molecule has 0 unspecified atom stereocenters. The molecule has 0 bridgehead atoms. The molecule has 1 fully saturated rings. The average molecular weight is 183 g/mol. The zero-order valence-corrected chi connectivity index (χ0v) is 8.88. The molecule has 0 spiro atoms. The van der Waals surface area contributed by atoms with Crippen molar-refractivity contribution in [2.24, 2.45) is 0 Å². The van der Waals surface area contributed by atoms with E-state index in [1.165, 1.54) is 32.4 Å². The van der Waals surface area contributed by atoms with Crippen molar-refractivity contribution in [2.75, 3.05) is 26.2 Å². The van der Waals surface area contributed by atoms with E-state index >= 15 is 0 Å². The van der Waals surface area contributed by atoms with Crippen LogP contribution in [0.3, 0.4) is 0 Å². The van der Waals surface area contributed by atoms with Crippen LogP contribution in [0.25, 0.3) is 0 Å². The van der Waals surface area contributed by atoms with Gasteiger partial charge in [-0.1, -0.05) is 12.5 Å². The van der Waals surface area contributed by atoms with Gasteiger partial charge in [0, 0.05) is 6.54 Å². The molecule has 0 N–H and O–H groups in total. The van der Waals surface area contributed by atoms with Crippen molar-refractivity contribution in [3.8, 4) is 0 Å². The van der Waals surface area contributed by atoms with E-state index in [-0.39, 0.29) is 0 Å². The maximum absolute atomic E-state index is 5.51. The fourth-order valence-corrected chi connectivity index (χ4v) is 1.60. The van der Waals surface area contributed by atoms with Crippen LogP contribution in [0.15, 0.2) is 11.8 Å². The summed E-state index contributed by atoms with van der Waals surface area (Å²) in [5.41, 5.74) is 0. The number of likely N-dealkylation sites (tertiary alicyclic amines) is 1. The Labute approximate surface area is 81.6 Å². The van der Waals surface area contributed by atoms with E-state index in [2.05, 4.69) is 4.90 Å². The van der Waals surface area contributed by atoms with E-state index in [0.29, 0.717) is 0 Å². The van der Waals surface area contributed by atoms with Crippen molar-refractivity contribution in [3.05, 3.63) is 11.8 Å². The van der Waals surface area contributed by atoms with Gasteiger partial charge in [0.1, 0.15) is 6.61 Å². The van der Waals surface area contributed by atoms with Crippen LogP contribution < -0.4 is 0 Å². The lowest BCUT2D eigenvalue weighted by Gasteiger charge is -2.26. The maximum Gasteiger partial charge on any atom is 0.100 e. The molecule has 1 saturated heterocycles. The summed E-state index contributed by atoms with van der Waals surface area (Å²) < 4.78 is 5.51. The third-order valence-corrected chi connectivity index (χ3v) is 2.59. The van der Waals surface area contributed by atoms with Gasteiger partial charge in [-0.15, -0.1) is 0 Å². The molecule has 0 aromatic heterocycles. The monoisotopic (exact) mass is 183 g/mol. The third-order valence-electron chi connectivity index (χ3n) is 2.59. The summed E-state index contributed by atoms with van der Waals surface area (Å²) in [7, 11) is 0. The number of ether oxygens (including phenoxy) is 1. The summed E-state index contributed by atoms with van der Waals surface area (Å²) in [5.74, 6) is 1.04. The molecule has 0 aromatic carbocycles. The number of hydrogen-bond donors (Lipinski definition) is 0. The number of hydrogen-bond acceptors (Lipinski definition) is 2.